The largest absolute Gasteiger partial charge is 0.396 e. The number of benzene rings is 1. The summed E-state index contributed by atoms with van der Waals surface area (Å²) in [7, 11) is 0. The molecule has 0 aliphatic heterocycles. The van der Waals surface area contributed by atoms with E-state index in [4.69, 9.17) is 5.11 Å². The molecule has 1 rings (SSSR count). The Balaban J connectivity index is 2.73. The van der Waals surface area contributed by atoms with Crippen molar-refractivity contribution in [3.63, 3.8) is 0 Å². The van der Waals surface area contributed by atoms with E-state index < -0.39 is 4.92 Å². The second-order valence-corrected chi connectivity index (χ2v) is 5.27. The molecule has 0 spiro atoms. The van der Waals surface area contributed by atoms with Gasteiger partial charge >= 0.3 is 0 Å². The summed E-state index contributed by atoms with van der Waals surface area (Å²) in [4.78, 5) is 22.2. The van der Waals surface area contributed by atoms with Crippen molar-refractivity contribution in [2.24, 2.45) is 5.92 Å². The molecular formula is C13H17BrN2O4. The Labute approximate surface area is 125 Å². The van der Waals surface area contributed by atoms with Gasteiger partial charge in [0.1, 0.15) is 0 Å². The molecule has 6 nitrogen and oxygen atoms in total. The first-order valence-electron chi connectivity index (χ1n) is 6.32. The highest BCUT2D eigenvalue weighted by Crippen LogP contribution is 2.25. The van der Waals surface area contributed by atoms with Crippen LogP contribution in [0.15, 0.2) is 22.7 Å². The van der Waals surface area contributed by atoms with Gasteiger partial charge in [0.05, 0.1) is 9.40 Å². The molecule has 0 heterocycles. The molecule has 7 heteroatoms. The predicted octanol–water partition coefficient (Wildman–Crippen LogP) is 2.50. The van der Waals surface area contributed by atoms with Gasteiger partial charge in [-0.15, -0.1) is 0 Å². The number of nitrogens with one attached hydrogen (secondary N) is 1. The minimum Gasteiger partial charge on any atom is -0.396 e. The standard InChI is InChI=1S/C13H17BrN2O4/c1-2-9(5-6-17)8-15-13(18)10-3-4-11(14)12(7-10)16(19)20/h3-4,7,9,17H,2,5-6,8H2,1H3,(H,15,18). The SMILES string of the molecule is CCC(CCO)CNC(=O)c1ccc(Br)c([N+](=O)[O-])c1. The first kappa shape index (κ1) is 16.6. The summed E-state index contributed by atoms with van der Waals surface area (Å²) in [6, 6.07) is 4.25. The van der Waals surface area contributed by atoms with Crippen molar-refractivity contribution in [1.82, 2.24) is 5.32 Å². The van der Waals surface area contributed by atoms with Gasteiger partial charge in [-0.2, -0.15) is 0 Å². The molecule has 0 bridgehead atoms. The Bertz CT molecular complexity index is 493. The number of halogens is 1. The Morgan fingerprint density at radius 1 is 1.55 bits per heavy atom. The van der Waals surface area contributed by atoms with Crippen molar-refractivity contribution in [2.75, 3.05) is 13.2 Å². The van der Waals surface area contributed by atoms with Crippen LogP contribution in [0.3, 0.4) is 0 Å². The van der Waals surface area contributed by atoms with Crippen molar-refractivity contribution in [3.05, 3.63) is 38.3 Å². The number of rotatable bonds is 7. The van der Waals surface area contributed by atoms with Crippen LogP contribution >= 0.6 is 15.9 Å². The fraction of sp³-hybridized carbons (Fsp3) is 0.462. The molecule has 1 atom stereocenters. The van der Waals surface area contributed by atoms with Gasteiger partial charge in [-0.3, -0.25) is 14.9 Å². The molecule has 20 heavy (non-hydrogen) atoms. The highest BCUT2D eigenvalue weighted by atomic mass is 79.9. The first-order chi connectivity index (χ1) is 9.49. The number of carbonyl (C=O) groups is 1. The molecule has 0 radical (unpaired) electrons. The van der Waals surface area contributed by atoms with E-state index in [-0.39, 0.29) is 29.7 Å². The van der Waals surface area contributed by atoms with Crippen molar-refractivity contribution in [1.29, 1.82) is 0 Å². The van der Waals surface area contributed by atoms with Gasteiger partial charge in [0.15, 0.2) is 0 Å². The van der Waals surface area contributed by atoms with E-state index in [0.717, 1.165) is 6.42 Å². The summed E-state index contributed by atoms with van der Waals surface area (Å²) in [5.41, 5.74) is 0.110. The van der Waals surface area contributed by atoms with Crippen LogP contribution in [0.5, 0.6) is 0 Å². The Hall–Kier alpha value is -1.47. The van der Waals surface area contributed by atoms with Crippen LogP contribution in [-0.4, -0.2) is 29.1 Å². The first-order valence-corrected chi connectivity index (χ1v) is 7.11. The quantitative estimate of drug-likeness (QED) is 0.587. The molecule has 0 aliphatic carbocycles. The second-order valence-electron chi connectivity index (χ2n) is 4.42. The summed E-state index contributed by atoms with van der Waals surface area (Å²) in [5, 5.41) is 22.4. The minimum atomic E-state index is -0.540. The Morgan fingerprint density at radius 2 is 2.25 bits per heavy atom. The van der Waals surface area contributed by atoms with E-state index in [2.05, 4.69) is 21.2 Å². The van der Waals surface area contributed by atoms with Crippen LogP contribution in [0.1, 0.15) is 30.1 Å². The van der Waals surface area contributed by atoms with Gasteiger partial charge in [-0.25, -0.2) is 0 Å². The van der Waals surface area contributed by atoms with Crippen LogP contribution in [0.2, 0.25) is 0 Å². The molecule has 0 saturated carbocycles. The summed E-state index contributed by atoms with van der Waals surface area (Å²) in [6.45, 7) is 2.51. The van der Waals surface area contributed by atoms with Gasteiger partial charge < -0.3 is 10.4 Å². The maximum atomic E-state index is 11.9. The monoisotopic (exact) mass is 344 g/mol. The molecule has 1 unspecified atom stereocenters. The summed E-state index contributed by atoms with van der Waals surface area (Å²) >= 11 is 3.07. The summed E-state index contributed by atoms with van der Waals surface area (Å²) < 4.78 is 0.339. The lowest BCUT2D eigenvalue weighted by Crippen LogP contribution is -2.29. The smallest absolute Gasteiger partial charge is 0.284 e. The van der Waals surface area contributed by atoms with Crippen LogP contribution < -0.4 is 5.32 Å². The summed E-state index contributed by atoms with van der Waals surface area (Å²) in [5.74, 6) is -0.147. The van der Waals surface area contributed by atoms with E-state index >= 15 is 0 Å². The molecule has 110 valence electrons. The lowest BCUT2D eigenvalue weighted by atomic mass is 10.0. The third-order valence-corrected chi connectivity index (χ3v) is 3.74. The average Bonchev–Trinajstić information content (AvgIpc) is 2.43. The van der Waals surface area contributed by atoms with Gasteiger partial charge in [0.2, 0.25) is 0 Å². The molecule has 2 N–H and O–H groups in total. The topological polar surface area (TPSA) is 92.5 Å². The minimum absolute atomic E-state index is 0.0815. The predicted molar refractivity (Wildman–Crippen MR) is 78.6 cm³/mol. The van der Waals surface area contributed by atoms with Crippen molar-refractivity contribution in [3.8, 4) is 0 Å². The van der Waals surface area contributed by atoms with Gasteiger partial charge in [0.25, 0.3) is 11.6 Å². The number of nitro groups is 1. The van der Waals surface area contributed by atoms with Crippen molar-refractivity contribution >= 4 is 27.5 Å². The van der Waals surface area contributed by atoms with Gasteiger partial charge in [0, 0.05) is 24.8 Å². The van der Waals surface area contributed by atoms with E-state index in [9.17, 15) is 14.9 Å². The third-order valence-electron chi connectivity index (χ3n) is 3.07. The zero-order valence-electron chi connectivity index (χ0n) is 11.1. The van der Waals surface area contributed by atoms with Crippen molar-refractivity contribution < 1.29 is 14.8 Å². The highest BCUT2D eigenvalue weighted by molar-refractivity contribution is 9.10. The van der Waals surface area contributed by atoms with Crippen LogP contribution in [0.4, 0.5) is 5.69 Å². The third kappa shape index (κ3) is 4.57. The number of hydrogen-bond donors (Lipinski definition) is 2. The van der Waals surface area contributed by atoms with E-state index in [0.29, 0.717) is 17.4 Å². The molecule has 1 aromatic rings. The number of hydrogen-bond acceptors (Lipinski definition) is 4. The van der Waals surface area contributed by atoms with Crippen LogP contribution in [0, 0.1) is 16.0 Å². The lowest BCUT2D eigenvalue weighted by Gasteiger charge is -2.14. The van der Waals surface area contributed by atoms with Crippen molar-refractivity contribution in [2.45, 2.75) is 19.8 Å². The number of carbonyl (C=O) groups excluding carboxylic acids is 1. The highest BCUT2D eigenvalue weighted by Gasteiger charge is 2.16. The Kier molecular flexibility index (Phi) is 6.60. The van der Waals surface area contributed by atoms with E-state index in [1.165, 1.54) is 18.2 Å². The van der Waals surface area contributed by atoms with E-state index in [1.807, 2.05) is 6.92 Å². The molecule has 0 saturated heterocycles. The molecule has 0 aliphatic rings. The number of nitro benzene ring substituents is 1. The number of aliphatic hydroxyl groups is 1. The summed E-state index contributed by atoms with van der Waals surface area (Å²) in [6.07, 6.45) is 1.47. The number of aliphatic hydroxyl groups excluding tert-OH is 1. The molecule has 0 fully saturated rings. The van der Waals surface area contributed by atoms with Gasteiger partial charge in [-0.1, -0.05) is 13.3 Å². The van der Waals surface area contributed by atoms with Gasteiger partial charge in [-0.05, 0) is 40.4 Å². The molecule has 0 aromatic heterocycles. The zero-order chi connectivity index (χ0) is 15.1. The number of nitrogens with zero attached hydrogens (tertiary/aromatic N) is 1. The fourth-order valence-corrected chi connectivity index (χ4v) is 2.16. The fourth-order valence-electron chi connectivity index (χ4n) is 1.77. The maximum absolute atomic E-state index is 11.9. The average molecular weight is 345 g/mol. The van der Waals surface area contributed by atoms with E-state index in [1.54, 1.807) is 0 Å². The van der Waals surface area contributed by atoms with Crippen LogP contribution in [-0.2, 0) is 0 Å². The molecular weight excluding hydrogens is 328 g/mol. The molecule has 1 aromatic carbocycles. The Morgan fingerprint density at radius 3 is 2.80 bits per heavy atom. The maximum Gasteiger partial charge on any atom is 0.284 e. The second kappa shape index (κ2) is 7.96. The normalized spacial score (nSPS) is 11.9. The zero-order valence-corrected chi connectivity index (χ0v) is 12.7. The molecule has 1 amide bonds. The lowest BCUT2D eigenvalue weighted by molar-refractivity contribution is -0.385. The van der Waals surface area contributed by atoms with Crippen LogP contribution in [0.25, 0.3) is 0 Å². The number of amides is 1.